The van der Waals surface area contributed by atoms with E-state index in [9.17, 15) is 0 Å². The SMILES string of the molecule is N#Cc1cc(N)c(OC2CCOCC2)c(I)c1. The van der Waals surface area contributed by atoms with Crippen LogP contribution in [-0.4, -0.2) is 19.3 Å². The molecule has 2 N–H and O–H groups in total. The highest BCUT2D eigenvalue weighted by atomic mass is 127. The van der Waals surface area contributed by atoms with E-state index in [2.05, 4.69) is 28.7 Å². The second-order valence-corrected chi connectivity index (χ2v) is 5.08. The highest BCUT2D eigenvalue weighted by molar-refractivity contribution is 14.1. The number of nitrogens with two attached hydrogens (primary N) is 1. The predicted molar refractivity (Wildman–Crippen MR) is 72.8 cm³/mol. The minimum atomic E-state index is 0.160. The Bertz CT molecular complexity index is 427. The summed E-state index contributed by atoms with van der Waals surface area (Å²) < 4.78 is 12.1. The molecule has 0 saturated carbocycles. The number of rotatable bonds is 2. The van der Waals surface area contributed by atoms with Crippen LogP contribution in [0, 0.1) is 14.9 Å². The fourth-order valence-corrected chi connectivity index (χ4v) is 2.54. The lowest BCUT2D eigenvalue weighted by atomic mass is 10.1. The zero-order chi connectivity index (χ0) is 12.3. The van der Waals surface area contributed by atoms with Gasteiger partial charge < -0.3 is 15.2 Å². The molecule has 0 spiro atoms. The van der Waals surface area contributed by atoms with Gasteiger partial charge in [-0.1, -0.05) is 0 Å². The van der Waals surface area contributed by atoms with Crippen LogP contribution in [-0.2, 0) is 4.74 Å². The molecular weight excluding hydrogens is 331 g/mol. The molecule has 0 atom stereocenters. The van der Waals surface area contributed by atoms with Gasteiger partial charge in [-0.05, 0) is 34.7 Å². The van der Waals surface area contributed by atoms with Gasteiger partial charge in [0.15, 0.2) is 5.75 Å². The molecule has 1 aliphatic rings. The highest BCUT2D eigenvalue weighted by Crippen LogP contribution is 2.31. The van der Waals surface area contributed by atoms with Crippen LogP contribution >= 0.6 is 22.6 Å². The molecule has 1 aliphatic heterocycles. The standard InChI is InChI=1S/C12H13IN2O2/c13-10-5-8(7-14)6-11(15)12(10)17-9-1-3-16-4-2-9/h5-6,9H,1-4,15H2. The number of ether oxygens (including phenoxy) is 2. The average molecular weight is 344 g/mol. The molecule has 5 heteroatoms. The Morgan fingerprint density at radius 1 is 1.41 bits per heavy atom. The molecule has 0 amide bonds. The van der Waals surface area contributed by atoms with Crippen molar-refractivity contribution >= 4 is 28.3 Å². The van der Waals surface area contributed by atoms with Crippen LogP contribution < -0.4 is 10.5 Å². The van der Waals surface area contributed by atoms with Gasteiger partial charge in [0.05, 0.1) is 34.1 Å². The molecule has 90 valence electrons. The summed E-state index contributed by atoms with van der Waals surface area (Å²) in [6.07, 6.45) is 1.93. The average Bonchev–Trinajstić information content (AvgIpc) is 2.35. The number of halogens is 1. The van der Waals surface area contributed by atoms with Gasteiger partial charge in [-0.2, -0.15) is 5.26 Å². The van der Waals surface area contributed by atoms with E-state index in [4.69, 9.17) is 20.5 Å². The van der Waals surface area contributed by atoms with E-state index < -0.39 is 0 Å². The van der Waals surface area contributed by atoms with Gasteiger partial charge in [0, 0.05) is 12.8 Å². The summed E-state index contributed by atoms with van der Waals surface area (Å²) in [4.78, 5) is 0. The maximum absolute atomic E-state index is 8.83. The lowest BCUT2D eigenvalue weighted by Gasteiger charge is -2.24. The van der Waals surface area contributed by atoms with Crippen LogP contribution in [0.1, 0.15) is 18.4 Å². The first-order valence-electron chi connectivity index (χ1n) is 5.44. The van der Waals surface area contributed by atoms with E-state index in [-0.39, 0.29) is 6.10 Å². The Morgan fingerprint density at radius 2 is 2.12 bits per heavy atom. The Morgan fingerprint density at radius 3 is 2.71 bits per heavy atom. The first kappa shape index (κ1) is 12.5. The largest absolute Gasteiger partial charge is 0.487 e. The van der Waals surface area contributed by atoms with Crippen molar-refractivity contribution in [2.24, 2.45) is 0 Å². The van der Waals surface area contributed by atoms with Crippen molar-refractivity contribution in [1.82, 2.24) is 0 Å². The van der Waals surface area contributed by atoms with Crippen molar-refractivity contribution in [2.75, 3.05) is 18.9 Å². The molecule has 0 unspecified atom stereocenters. The number of anilines is 1. The first-order valence-corrected chi connectivity index (χ1v) is 6.52. The van der Waals surface area contributed by atoms with Gasteiger partial charge in [0.2, 0.25) is 0 Å². The molecule has 1 heterocycles. The maximum Gasteiger partial charge on any atom is 0.155 e. The lowest BCUT2D eigenvalue weighted by Crippen LogP contribution is -2.26. The number of nitrogen functional groups attached to an aromatic ring is 1. The van der Waals surface area contributed by atoms with Gasteiger partial charge >= 0.3 is 0 Å². The van der Waals surface area contributed by atoms with Gasteiger partial charge in [0.25, 0.3) is 0 Å². The summed E-state index contributed by atoms with van der Waals surface area (Å²) in [6, 6.07) is 5.51. The van der Waals surface area contributed by atoms with Crippen LogP contribution in [0.5, 0.6) is 5.75 Å². The molecule has 1 saturated heterocycles. The minimum Gasteiger partial charge on any atom is -0.487 e. The third-order valence-corrected chi connectivity index (χ3v) is 3.46. The Kier molecular flexibility index (Phi) is 4.07. The lowest BCUT2D eigenvalue weighted by molar-refractivity contribution is 0.0255. The number of benzene rings is 1. The van der Waals surface area contributed by atoms with E-state index in [0.717, 1.165) is 29.6 Å². The zero-order valence-electron chi connectivity index (χ0n) is 9.28. The zero-order valence-corrected chi connectivity index (χ0v) is 11.4. The van der Waals surface area contributed by atoms with E-state index >= 15 is 0 Å². The highest BCUT2D eigenvalue weighted by Gasteiger charge is 2.18. The first-order chi connectivity index (χ1) is 8.20. The summed E-state index contributed by atoms with van der Waals surface area (Å²) in [5.74, 6) is 0.691. The van der Waals surface area contributed by atoms with Gasteiger partial charge in [-0.25, -0.2) is 0 Å². The number of hydrogen-bond acceptors (Lipinski definition) is 4. The smallest absolute Gasteiger partial charge is 0.155 e. The molecule has 0 radical (unpaired) electrons. The number of hydrogen-bond donors (Lipinski definition) is 1. The van der Waals surface area contributed by atoms with Crippen LogP contribution in [0.4, 0.5) is 5.69 Å². The summed E-state index contributed by atoms with van der Waals surface area (Å²) >= 11 is 2.14. The summed E-state index contributed by atoms with van der Waals surface area (Å²) in [5.41, 5.74) is 6.99. The molecule has 17 heavy (non-hydrogen) atoms. The second-order valence-electron chi connectivity index (χ2n) is 3.92. The topological polar surface area (TPSA) is 68.3 Å². The van der Waals surface area contributed by atoms with E-state index in [1.807, 2.05) is 0 Å². The fraction of sp³-hybridized carbons (Fsp3) is 0.417. The van der Waals surface area contributed by atoms with E-state index in [1.165, 1.54) is 0 Å². The van der Waals surface area contributed by atoms with E-state index in [1.54, 1.807) is 12.1 Å². The number of nitrogens with zero attached hydrogens (tertiary/aromatic N) is 1. The Balaban J connectivity index is 2.18. The van der Waals surface area contributed by atoms with Crippen molar-refractivity contribution in [3.05, 3.63) is 21.3 Å². The molecule has 4 nitrogen and oxygen atoms in total. The third-order valence-electron chi connectivity index (χ3n) is 2.65. The van der Waals surface area contributed by atoms with Crippen molar-refractivity contribution in [3.8, 4) is 11.8 Å². The molecule has 0 bridgehead atoms. The van der Waals surface area contributed by atoms with Gasteiger partial charge in [-0.3, -0.25) is 0 Å². The molecular formula is C12H13IN2O2. The summed E-state index contributed by atoms with van der Waals surface area (Å²) in [6.45, 7) is 1.47. The molecule has 0 aromatic heterocycles. The van der Waals surface area contributed by atoms with Gasteiger partial charge in [-0.15, -0.1) is 0 Å². The van der Waals surface area contributed by atoms with Crippen LogP contribution in [0.25, 0.3) is 0 Å². The van der Waals surface area contributed by atoms with Crippen molar-refractivity contribution in [2.45, 2.75) is 18.9 Å². The van der Waals surface area contributed by atoms with Crippen LogP contribution in [0.15, 0.2) is 12.1 Å². The van der Waals surface area contributed by atoms with E-state index in [0.29, 0.717) is 17.0 Å². The van der Waals surface area contributed by atoms with Crippen LogP contribution in [0.3, 0.4) is 0 Å². The van der Waals surface area contributed by atoms with Crippen molar-refractivity contribution in [1.29, 1.82) is 5.26 Å². The monoisotopic (exact) mass is 344 g/mol. The van der Waals surface area contributed by atoms with Crippen LogP contribution in [0.2, 0.25) is 0 Å². The molecule has 1 fully saturated rings. The van der Waals surface area contributed by atoms with Crippen molar-refractivity contribution < 1.29 is 9.47 Å². The third kappa shape index (κ3) is 3.01. The normalized spacial score (nSPS) is 16.5. The van der Waals surface area contributed by atoms with Gasteiger partial charge in [0.1, 0.15) is 6.10 Å². The second kappa shape index (κ2) is 5.56. The van der Waals surface area contributed by atoms with Crippen molar-refractivity contribution in [3.63, 3.8) is 0 Å². The molecule has 1 aromatic carbocycles. The Hall–Kier alpha value is -1.00. The molecule has 1 aromatic rings. The molecule has 0 aliphatic carbocycles. The number of nitriles is 1. The summed E-state index contributed by atoms with van der Waals surface area (Å²) in [7, 11) is 0. The molecule has 2 rings (SSSR count). The Labute approximate surface area is 114 Å². The quantitative estimate of drug-likeness (QED) is 0.660. The maximum atomic E-state index is 8.83. The minimum absolute atomic E-state index is 0.160. The fourth-order valence-electron chi connectivity index (χ4n) is 1.76. The summed E-state index contributed by atoms with van der Waals surface area (Å²) in [5, 5.41) is 8.83. The predicted octanol–water partition coefficient (Wildman–Crippen LogP) is 2.30.